The summed E-state index contributed by atoms with van der Waals surface area (Å²) in [5, 5.41) is 8.98. The molecule has 1 aromatic rings. The maximum absolute atomic E-state index is 8.98. The minimum Gasteiger partial charge on any atom is -0.370 e. The van der Waals surface area contributed by atoms with E-state index in [2.05, 4.69) is 17.9 Å². The molecule has 0 aromatic heterocycles. The number of anilines is 1. The molecule has 78 valence electrons. The van der Waals surface area contributed by atoms with Gasteiger partial charge in [-0.1, -0.05) is 25.5 Å². The Bertz CT molecular complexity index is 372. The lowest BCUT2D eigenvalue weighted by Gasteiger charge is -2.41. The predicted molar refractivity (Wildman–Crippen MR) is 61.8 cm³/mol. The van der Waals surface area contributed by atoms with Gasteiger partial charge in [0.1, 0.15) is 6.07 Å². The van der Waals surface area contributed by atoms with Crippen LogP contribution in [-0.2, 0) is 0 Å². The molecule has 0 bridgehead atoms. The fourth-order valence-electron chi connectivity index (χ4n) is 2.20. The molecule has 0 spiro atoms. The molecule has 2 rings (SSSR count). The maximum Gasteiger partial charge on any atom is 0.101 e. The standard InChI is InChI=1S/C13H16N2/c1-2-5-11-9-15(10-11)13-7-4-3-6-12(13)8-14/h3-4,6-7,11H,2,5,9-10H2,1H3. The van der Waals surface area contributed by atoms with Crippen molar-refractivity contribution in [2.24, 2.45) is 5.92 Å². The van der Waals surface area contributed by atoms with E-state index in [9.17, 15) is 0 Å². The molecular weight excluding hydrogens is 184 g/mol. The first-order chi connectivity index (χ1) is 7.35. The van der Waals surface area contributed by atoms with Crippen LogP contribution in [0.3, 0.4) is 0 Å². The Balaban J connectivity index is 2.04. The summed E-state index contributed by atoms with van der Waals surface area (Å²) in [6, 6.07) is 10.1. The molecule has 1 aliphatic heterocycles. The van der Waals surface area contributed by atoms with Crippen molar-refractivity contribution in [3.8, 4) is 6.07 Å². The second-order valence-electron chi connectivity index (χ2n) is 4.19. The van der Waals surface area contributed by atoms with Crippen molar-refractivity contribution in [1.82, 2.24) is 0 Å². The summed E-state index contributed by atoms with van der Waals surface area (Å²) in [6.45, 7) is 4.46. The van der Waals surface area contributed by atoms with Gasteiger partial charge in [-0.25, -0.2) is 0 Å². The van der Waals surface area contributed by atoms with Crippen LogP contribution in [0.5, 0.6) is 0 Å². The van der Waals surface area contributed by atoms with Gasteiger partial charge in [-0.2, -0.15) is 5.26 Å². The normalized spacial score (nSPS) is 15.9. The van der Waals surface area contributed by atoms with Crippen LogP contribution >= 0.6 is 0 Å². The van der Waals surface area contributed by atoms with Crippen LogP contribution in [0, 0.1) is 17.2 Å². The monoisotopic (exact) mass is 200 g/mol. The van der Waals surface area contributed by atoms with Gasteiger partial charge in [-0.15, -0.1) is 0 Å². The number of para-hydroxylation sites is 1. The average Bonchev–Trinajstić information content (AvgIpc) is 2.23. The van der Waals surface area contributed by atoms with Crippen molar-refractivity contribution in [3.63, 3.8) is 0 Å². The predicted octanol–water partition coefficient (Wildman–Crippen LogP) is 2.79. The maximum atomic E-state index is 8.98. The molecule has 0 unspecified atom stereocenters. The molecule has 1 saturated heterocycles. The summed E-state index contributed by atoms with van der Waals surface area (Å²) in [5.41, 5.74) is 1.90. The first-order valence-corrected chi connectivity index (χ1v) is 5.59. The largest absolute Gasteiger partial charge is 0.370 e. The number of benzene rings is 1. The third-order valence-corrected chi connectivity index (χ3v) is 3.02. The van der Waals surface area contributed by atoms with Gasteiger partial charge >= 0.3 is 0 Å². The highest BCUT2D eigenvalue weighted by Gasteiger charge is 2.27. The third kappa shape index (κ3) is 1.97. The zero-order valence-corrected chi connectivity index (χ0v) is 9.11. The summed E-state index contributed by atoms with van der Waals surface area (Å²) in [4.78, 5) is 2.30. The van der Waals surface area contributed by atoms with Gasteiger partial charge in [-0.3, -0.25) is 0 Å². The number of hydrogen-bond acceptors (Lipinski definition) is 2. The number of nitrogens with zero attached hydrogens (tertiary/aromatic N) is 2. The Morgan fingerprint density at radius 1 is 1.40 bits per heavy atom. The van der Waals surface area contributed by atoms with E-state index in [1.165, 1.54) is 12.8 Å². The van der Waals surface area contributed by atoms with Crippen LogP contribution < -0.4 is 4.90 Å². The second kappa shape index (κ2) is 4.35. The summed E-state index contributed by atoms with van der Waals surface area (Å²) in [6.07, 6.45) is 2.57. The highest BCUT2D eigenvalue weighted by Crippen LogP contribution is 2.29. The van der Waals surface area contributed by atoms with E-state index in [0.29, 0.717) is 0 Å². The SMILES string of the molecule is CCCC1CN(c2ccccc2C#N)C1. The first-order valence-electron chi connectivity index (χ1n) is 5.59. The molecule has 0 aliphatic carbocycles. The lowest BCUT2D eigenvalue weighted by molar-refractivity contribution is 0.380. The van der Waals surface area contributed by atoms with Crippen molar-refractivity contribution >= 4 is 5.69 Å². The van der Waals surface area contributed by atoms with Gasteiger partial charge in [0, 0.05) is 13.1 Å². The fraction of sp³-hybridized carbons (Fsp3) is 0.462. The topological polar surface area (TPSA) is 27.0 Å². The number of rotatable bonds is 3. The van der Waals surface area contributed by atoms with E-state index in [1.54, 1.807) is 0 Å². The van der Waals surface area contributed by atoms with Crippen LogP contribution in [0.2, 0.25) is 0 Å². The smallest absolute Gasteiger partial charge is 0.101 e. The summed E-state index contributed by atoms with van der Waals surface area (Å²) in [5.74, 6) is 0.835. The lowest BCUT2D eigenvalue weighted by Crippen LogP contribution is -2.46. The number of nitriles is 1. The molecular formula is C13H16N2. The number of hydrogen-bond donors (Lipinski definition) is 0. The van der Waals surface area contributed by atoms with Gasteiger partial charge in [0.15, 0.2) is 0 Å². The Morgan fingerprint density at radius 2 is 2.13 bits per heavy atom. The minimum absolute atomic E-state index is 0.799. The van der Waals surface area contributed by atoms with Crippen molar-refractivity contribution in [2.75, 3.05) is 18.0 Å². The molecule has 1 aliphatic rings. The third-order valence-electron chi connectivity index (χ3n) is 3.02. The van der Waals surface area contributed by atoms with Crippen LogP contribution in [0.1, 0.15) is 25.3 Å². The van der Waals surface area contributed by atoms with Crippen LogP contribution in [0.25, 0.3) is 0 Å². The molecule has 1 heterocycles. The quantitative estimate of drug-likeness (QED) is 0.750. The van der Waals surface area contributed by atoms with E-state index in [4.69, 9.17) is 5.26 Å². The van der Waals surface area contributed by atoms with Gasteiger partial charge in [0.25, 0.3) is 0 Å². The van der Waals surface area contributed by atoms with Gasteiger partial charge in [-0.05, 0) is 24.5 Å². The fourth-order valence-corrected chi connectivity index (χ4v) is 2.20. The second-order valence-corrected chi connectivity index (χ2v) is 4.19. The van der Waals surface area contributed by atoms with Crippen molar-refractivity contribution in [2.45, 2.75) is 19.8 Å². The minimum atomic E-state index is 0.799. The highest BCUT2D eigenvalue weighted by molar-refractivity contribution is 5.60. The Morgan fingerprint density at radius 3 is 2.80 bits per heavy atom. The van der Waals surface area contributed by atoms with Crippen molar-refractivity contribution in [1.29, 1.82) is 5.26 Å². The van der Waals surface area contributed by atoms with Gasteiger partial charge < -0.3 is 4.90 Å². The van der Waals surface area contributed by atoms with Crippen LogP contribution in [-0.4, -0.2) is 13.1 Å². The molecule has 0 amide bonds. The van der Waals surface area contributed by atoms with Gasteiger partial charge in [0.2, 0.25) is 0 Å². The summed E-state index contributed by atoms with van der Waals surface area (Å²) >= 11 is 0. The van der Waals surface area contributed by atoms with Crippen molar-refractivity contribution in [3.05, 3.63) is 29.8 Å². The zero-order valence-electron chi connectivity index (χ0n) is 9.11. The molecule has 0 atom stereocenters. The highest BCUT2D eigenvalue weighted by atomic mass is 15.2. The van der Waals surface area contributed by atoms with E-state index in [1.807, 2.05) is 24.3 Å². The Labute approximate surface area is 91.1 Å². The van der Waals surface area contributed by atoms with E-state index < -0.39 is 0 Å². The molecule has 1 aromatic carbocycles. The van der Waals surface area contributed by atoms with Crippen LogP contribution in [0.15, 0.2) is 24.3 Å². The molecule has 0 saturated carbocycles. The molecule has 1 fully saturated rings. The molecule has 15 heavy (non-hydrogen) atoms. The van der Waals surface area contributed by atoms with Crippen molar-refractivity contribution < 1.29 is 0 Å². The molecule has 2 nitrogen and oxygen atoms in total. The van der Waals surface area contributed by atoms with Gasteiger partial charge in [0.05, 0.1) is 11.3 Å². The lowest BCUT2D eigenvalue weighted by atomic mass is 9.93. The average molecular weight is 200 g/mol. The summed E-state index contributed by atoms with van der Waals surface area (Å²) < 4.78 is 0. The molecule has 0 N–H and O–H groups in total. The molecule has 2 heteroatoms. The zero-order chi connectivity index (χ0) is 10.7. The first kappa shape index (κ1) is 10.0. The summed E-state index contributed by atoms with van der Waals surface area (Å²) in [7, 11) is 0. The van der Waals surface area contributed by atoms with E-state index >= 15 is 0 Å². The van der Waals surface area contributed by atoms with Crippen LogP contribution in [0.4, 0.5) is 5.69 Å². The van der Waals surface area contributed by atoms with E-state index in [0.717, 1.165) is 30.3 Å². The Hall–Kier alpha value is -1.49. The molecule has 0 radical (unpaired) electrons. The van der Waals surface area contributed by atoms with E-state index in [-0.39, 0.29) is 0 Å². The Kier molecular flexibility index (Phi) is 2.91.